The first-order chi connectivity index (χ1) is 16.0. The number of halogens is 2. The SMILES string of the molecule is COc1ccc(/C=C/C(=O)c2ccc(-n3cccc3)cc2)cc1COc1ccc(Br)cc1Cl. The monoisotopic (exact) mass is 521 g/mol. The van der Waals surface area contributed by atoms with Gasteiger partial charge in [-0.2, -0.15) is 0 Å². The van der Waals surface area contributed by atoms with Gasteiger partial charge in [0.1, 0.15) is 18.1 Å². The summed E-state index contributed by atoms with van der Waals surface area (Å²) in [4.78, 5) is 12.6. The zero-order valence-corrected chi connectivity index (χ0v) is 20.2. The van der Waals surface area contributed by atoms with E-state index in [4.69, 9.17) is 21.1 Å². The molecule has 166 valence electrons. The van der Waals surface area contributed by atoms with Crippen LogP contribution in [-0.2, 0) is 6.61 Å². The zero-order chi connectivity index (χ0) is 23.2. The molecule has 1 heterocycles. The number of methoxy groups -OCH3 is 1. The first-order valence-corrected chi connectivity index (χ1v) is 11.4. The number of allylic oxidation sites excluding steroid dienone is 1. The van der Waals surface area contributed by atoms with E-state index in [1.807, 2.05) is 83.7 Å². The van der Waals surface area contributed by atoms with Crippen LogP contribution in [0.15, 0.2) is 95.7 Å². The molecule has 0 radical (unpaired) electrons. The van der Waals surface area contributed by atoms with Crippen LogP contribution >= 0.6 is 27.5 Å². The number of aromatic nitrogens is 1. The molecular formula is C27H21BrClNO3. The Labute approximate surface area is 206 Å². The Morgan fingerprint density at radius 2 is 1.73 bits per heavy atom. The second kappa shape index (κ2) is 10.6. The molecule has 4 aromatic rings. The van der Waals surface area contributed by atoms with Crippen molar-refractivity contribution in [2.24, 2.45) is 0 Å². The Kier molecular flexibility index (Phi) is 7.33. The summed E-state index contributed by atoms with van der Waals surface area (Å²) in [6, 6.07) is 22.6. The highest BCUT2D eigenvalue weighted by Gasteiger charge is 2.08. The Balaban J connectivity index is 1.46. The highest BCUT2D eigenvalue weighted by atomic mass is 79.9. The molecule has 0 amide bonds. The first-order valence-electron chi connectivity index (χ1n) is 10.2. The summed E-state index contributed by atoms with van der Waals surface area (Å²) < 4.78 is 14.2. The van der Waals surface area contributed by atoms with Gasteiger partial charge in [0, 0.05) is 33.7 Å². The van der Waals surface area contributed by atoms with E-state index >= 15 is 0 Å². The number of nitrogens with zero attached hydrogens (tertiary/aromatic N) is 1. The lowest BCUT2D eigenvalue weighted by Gasteiger charge is -2.12. The van der Waals surface area contributed by atoms with Crippen molar-refractivity contribution in [3.8, 4) is 17.2 Å². The second-order valence-electron chi connectivity index (χ2n) is 7.27. The van der Waals surface area contributed by atoms with E-state index < -0.39 is 0 Å². The lowest BCUT2D eigenvalue weighted by atomic mass is 10.1. The molecule has 4 rings (SSSR count). The number of carbonyl (C=O) groups excluding carboxylic acids is 1. The Hall–Kier alpha value is -3.28. The van der Waals surface area contributed by atoms with Crippen molar-refractivity contribution in [1.82, 2.24) is 4.57 Å². The largest absolute Gasteiger partial charge is 0.496 e. The number of benzene rings is 3. The van der Waals surface area contributed by atoms with Gasteiger partial charge in [0.15, 0.2) is 5.78 Å². The minimum absolute atomic E-state index is 0.0654. The second-order valence-corrected chi connectivity index (χ2v) is 8.59. The summed E-state index contributed by atoms with van der Waals surface area (Å²) in [7, 11) is 1.61. The molecule has 3 aromatic carbocycles. The molecule has 0 aliphatic carbocycles. The van der Waals surface area contributed by atoms with Gasteiger partial charge in [-0.25, -0.2) is 0 Å². The minimum Gasteiger partial charge on any atom is -0.496 e. The molecule has 0 aliphatic heterocycles. The van der Waals surface area contributed by atoms with Crippen LogP contribution < -0.4 is 9.47 Å². The summed E-state index contributed by atoms with van der Waals surface area (Å²) in [6.45, 7) is 0.279. The van der Waals surface area contributed by atoms with Gasteiger partial charge >= 0.3 is 0 Å². The predicted octanol–water partition coefficient (Wildman–Crippen LogP) is 7.38. The van der Waals surface area contributed by atoms with Crippen molar-refractivity contribution < 1.29 is 14.3 Å². The smallest absolute Gasteiger partial charge is 0.185 e. The highest BCUT2D eigenvalue weighted by molar-refractivity contribution is 9.10. The van der Waals surface area contributed by atoms with Crippen LogP contribution in [-0.4, -0.2) is 17.5 Å². The van der Waals surface area contributed by atoms with E-state index in [0.29, 0.717) is 22.1 Å². The maximum Gasteiger partial charge on any atom is 0.185 e. The van der Waals surface area contributed by atoms with Gasteiger partial charge in [-0.3, -0.25) is 4.79 Å². The third-order valence-corrected chi connectivity index (χ3v) is 5.85. The van der Waals surface area contributed by atoms with Crippen LogP contribution in [0.25, 0.3) is 11.8 Å². The van der Waals surface area contributed by atoms with Gasteiger partial charge in [0.2, 0.25) is 0 Å². The average molecular weight is 523 g/mol. The third-order valence-electron chi connectivity index (χ3n) is 5.06. The van der Waals surface area contributed by atoms with Gasteiger partial charge in [0.25, 0.3) is 0 Å². The van der Waals surface area contributed by atoms with Gasteiger partial charge < -0.3 is 14.0 Å². The van der Waals surface area contributed by atoms with E-state index in [9.17, 15) is 4.79 Å². The number of ketones is 1. The van der Waals surface area contributed by atoms with Crippen LogP contribution in [0.4, 0.5) is 0 Å². The van der Waals surface area contributed by atoms with Crippen molar-refractivity contribution in [1.29, 1.82) is 0 Å². The van der Waals surface area contributed by atoms with E-state index in [1.165, 1.54) is 0 Å². The zero-order valence-electron chi connectivity index (χ0n) is 17.9. The maximum atomic E-state index is 12.6. The minimum atomic E-state index is -0.0654. The van der Waals surface area contributed by atoms with Gasteiger partial charge in [-0.15, -0.1) is 0 Å². The lowest BCUT2D eigenvalue weighted by molar-refractivity contribution is 0.104. The average Bonchev–Trinajstić information content (AvgIpc) is 3.37. The highest BCUT2D eigenvalue weighted by Crippen LogP contribution is 2.30. The molecule has 0 bridgehead atoms. The maximum absolute atomic E-state index is 12.6. The summed E-state index contributed by atoms with van der Waals surface area (Å²) in [6.07, 6.45) is 7.29. The van der Waals surface area contributed by atoms with Gasteiger partial charge in [-0.1, -0.05) is 39.7 Å². The van der Waals surface area contributed by atoms with Crippen molar-refractivity contribution in [3.63, 3.8) is 0 Å². The van der Waals surface area contributed by atoms with E-state index in [1.54, 1.807) is 25.3 Å². The third kappa shape index (κ3) is 5.75. The van der Waals surface area contributed by atoms with Gasteiger partial charge in [-0.05, 0) is 78.4 Å². The Morgan fingerprint density at radius 1 is 1.00 bits per heavy atom. The van der Waals surface area contributed by atoms with E-state index in [2.05, 4.69) is 15.9 Å². The number of carbonyl (C=O) groups is 1. The number of hydrogen-bond acceptors (Lipinski definition) is 3. The molecule has 0 saturated carbocycles. The van der Waals surface area contributed by atoms with Crippen molar-refractivity contribution in [2.75, 3.05) is 7.11 Å². The molecule has 0 unspecified atom stereocenters. The standard InChI is InChI=1S/C27H21BrClNO3/c1-32-26-12-5-19(16-21(26)18-33-27-13-8-22(28)17-24(27)29)4-11-25(31)20-6-9-23(10-7-20)30-14-2-3-15-30/h2-17H,18H2,1H3/b11-4+. The quantitative estimate of drug-likeness (QED) is 0.179. The molecule has 6 heteroatoms. The number of ether oxygens (including phenoxy) is 2. The van der Waals surface area contributed by atoms with Crippen LogP contribution in [0, 0.1) is 0 Å². The molecular weight excluding hydrogens is 502 g/mol. The molecule has 0 aliphatic rings. The molecule has 33 heavy (non-hydrogen) atoms. The topological polar surface area (TPSA) is 40.5 Å². The van der Waals surface area contributed by atoms with Crippen LogP contribution in [0.5, 0.6) is 11.5 Å². The molecule has 0 atom stereocenters. The fourth-order valence-electron chi connectivity index (χ4n) is 3.34. The van der Waals surface area contributed by atoms with Gasteiger partial charge in [0.05, 0.1) is 12.1 Å². The van der Waals surface area contributed by atoms with Crippen molar-refractivity contribution in [2.45, 2.75) is 6.61 Å². The molecule has 0 saturated heterocycles. The van der Waals surface area contributed by atoms with Crippen molar-refractivity contribution >= 4 is 39.4 Å². The van der Waals surface area contributed by atoms with Crippen LogP contribution in [0.2, 0.25) is 5.02 Å². The summed E-state index contributed by atoms with van der Waals surface area (Å²) in [5.74, 6) is 1.22. The number of hydrogen-bond donors (Lipinski definition) is 0. The van der Waals surface area contributed by atoms with E-state index in [-0.39, 0.29) is 12.4 Å². The fraction of sp³-hybridized carbons (Fsp3) is 0.0741. The molecule has 0 N–H and O–H groups in total. The lowest BCUT2D eigenvalue weighted by Crippen LogP contribution is -2.00. The molecule has 1 aromatic heterocycles. The van der Waals surface area contributed by atoms with Crippen LogP contribution in [0.1, 0.15) is 21.5 Å². The van der Waals surface area contributed by atoms with Crippen LogP contribution in [0.3, 0.4) is 0 Å². The summed E-state index contributed by atoms with van der Waals surface area (Å²) in [5, 5.41) is 0.521. The molecule has 4 nitrogen and oxygen atoms in total. The Morgan fingerprint density at radius 3 is 2.42 bits per heavy atom. The first kappa shape index (κ1) is 22.9. The molecule has 0 fully saturated rings. The number of rotatable bonds is 8. The van der Waals surface area contributed by atoms with E-state index in [0.717, 1.165) is 21.3 Å². The van der Waals surface area contributed by atoms with Crippen molar-refractivity contribution in [3.05, 3.63) is 117 Å². The summed E-state index contributed by atoms with van der Waals surface area (Å²) >= 11 is 9.63. The Bertz CT molecular complexity index is 1280. The molecule has 0 spiro atoms. The fourth-order valence-corrected chi connectivity index (χ4v) is 4.06. The summed E-state index contributed by atoms with van der Waals surface area (Å²) in [5.41, 5.74) is 3.35. The normalized spacial score (nSPS) is 11.0. The predicted molar refractivity (Wildman–Crippen MR) is 136 cm³/mol.